The Morgan fingerprint density at radius 3 is 2.70 bits per heavy atom. The van der Waals surface area contributed by atoms with Gasteiger partial charge in [-0.05, 0) is 37.0 Å². The molecule has 0 aliphatic carbocycles. The lowest BCUT2D eigenvalue weighted by molar-refractivity contribution is -0.131. The molecule has 1 aromatic rings. The summed E-state index contributed by atoms with van der Waals surface area (Å²) in [6, 6.07) is 3.81. The van der Waals surface area contributed by atoms with Crippen LogP contribution in [0, 0.1) is 0 Å². The van der Waals surface area contributed by atoms with Crippen molar-refractivity contribution in [3.05, 3.63) is 30.1 Å². The van der Waals surface area contributed by atoms with Crippen LogP contribution in [0.1, 0.15) is 38.2 Å². The fraction of sp³-hybridized carbons (Fsp3) is 0.625. The lowest BCUT2D eigenvalue weighted by Crippen LogP contribution is -2.48. The second-order valence-electron chi connectivity index (χ2n) is 6.46. The largest absolute Gasteiger partial charge is 0.331 e. The van der Waals surface area contributed by atoms with Crippen LogP contribution in [0.25, 0.3) is 0 Å². The number of aromatic nitrogens is 1. The summed E-state index contributed by atoms with van der Waals surface area (Å²) in [6.07, 6.45) is 6.03. The second-order valence-corrected chi connectivity index (χ2v) is 8.55. The Hall–Kier alpha value is -1.47. The Kier molecular flexibility index (Phi) is 4.42. The summed E-state index contributed by atoms with van der Waals surface area (Å²) in [5.41, 5.74) is 0.700. The van der Waals surface area contributed by atoms with Gasteiger partial charge < -0.3 is 4.90 Å². The molecule has 23 heavy (non-hydrogen) atoms. The van der Waals surface area contributed by atoms with Gasteiger partial charge >= 0.3 is 0 Å². The van der Waals surface area contributed by atoms with E-state index in [1.807, 2.05) is 24.0 Å². The van der Waals surface area contributed by atoms with Crippen molar-refractivity contribution in [3.63, 3.8) is 0 Å². The fourth-order valence-corrected chi connectivity index (χ4v) is 5.25. The molecule has 1 amide bonds. The minimum atomic E-state index is -3.20. The first-order chi connectivity index (χ1) is 11.0. The Morgan fingerprint density at radius 2 is 2.00 bits per heavy atom. The van der Waals surface area contributed by atoms with Gasteiger partial charge in [0.1, 0.15) is 0 Å². The van der Waals surface area contributed by atoms with Crippen molar-refractivity contribution in [2.45, 2.75) is 44.7 Å². The van der Waals surface area contributed by atoms with Crippen LogP contribution < -0.4 is 0 Å². The maximum absolute atomic E-state index is 12.4. The highest BCUT2D eigenvalue weighted by atomic mass is 32.2. The SMILES string of the molecule is CCCS(=O)(=O)N1CCC2(CCC(=O)N2Cc2ccncc2)C1. The monoisotopic (exact) mass is 337 g/mol. The number of hydrogen-bond acceptors (Lipinski definition) is 4. The van der Waals surface area contributed by atoms with E-state index in [1.165, 1.54) is 0 Å². The molecule has 2 fully saturated rings. The van der Waals surface area contributed by atoms with Crippen LogP contribution in [0.15, 0.2) is 24.5 Å². The van der Waals surface area contributed by atoms with Crippen LogP contribution in [0.4, 0.5) is 0 Å². The maximum atomic E-state index is 12.4. The van der Waals surface area contributed by atoms with Crippen molar-refractivity contribution in [1.82, 2.24) is 14.2 Å². The molecule has 0 radical (unpaired) electrons. The normalized spacial score (nSPS) is 25.6. The zero-order valence-corrected chi connectivity index (χ0v) is 14.3. The summed E-state index contributed by atoms with van der Waals surface area (Å²) < 4.78 is 26.2. The summed E-state index contributed by atoms with van der Waals surface area (Å²) in [5.74, 6) is 0.304. The Balaban J connectivity index is 1.79. The van der Waals surface area contributed by atoms with Gasteiger partial charge in [0, 0.05) is 38.4 Å². The fourth-order valence-electron chi connectivity index (χ4n) is 3.67. The molecule has 2 saturated heterocycles. The van der Waals surface area contributed by atoms with Crippen molar-refractivity contribution < 1.29 is 13.2 Å². The van der Waals surface area contributed by atoms with Gasteiger partial charge in [-0.3, -0.25) is 9.78 Å². The minimum absolute atomic E-state index is 0.122. The topological polar surface area (TPSA) is 70.6 Å². The molecule has 1 unspecified atom stereocenters. The lowest BCUT2D eigenvalue weighted by Gasteiger charge is -2.35. The average Bonchev–Trinajstić information content (AvgIpc) is 3.09. The van der Waals surface area contributed by atoms with Gasteiger partial charge in [-0.15, -0.1) is 0 Å². The predicted molar refractivity (Wildman–Crippen MR) is 87.0 cm³/mol. The predicted octanol–water partition coefficient (Wildman–Crippen LogP) is 1.39. The van der Waals surface area contributed by atoms with Gasteiger partial charge in [-0.25, -0.2) is 8.42 Å². The first-order valence-corrected chi connectivity index (χ1v) is 9.75. The molecule has 126 valence electrons. The van der Waals surface area contributed by atoms with Gasteiger partial charge in [-0.1, -0.05) is 6.92 Å². The molecule has 6 nitrogen and oxygen atoms in total. The van der Waals surface area contributed by atoms with E-state index in [9.17, 15) is 13.2 Å². The number of likely N-dealkylation sites (tertiary alicyclic amines) is 1. The number of carbonyl (C=O) groups is 1. The summed E-state index contributed by atoms with van der Waals surface area (Å²) in [5, 5.41) is 0. The van der Waals surface area contributed by atoms with E-state index < -0.39 is 10.0 Å². The first-order valence-electron chi connectivity index (χ1n) is 8.14. The molecule has 0 bridgehead atoms. The number of amides is 1. The van der Waals surface area contributed by atoms with Gasteiger partial charge in [0.05, 0.1) is 11.3 Å². The van der Waals surface area contributed by atoms with Crippen LogP contribution in [0.3, 0.4) is 0 Å². The standard InChI is InChI=1S/C16H23N3O3S/c1-2-11-23(21,22)18-10-7-16(13-18)6-3-15(20)19(16)12-14-4-8-17-9-5-14/h4-5,8-9H,2-3,6-7,10-13H2,1H3. The summed E-state index contributed by atoms with van der Waals surface area (Å²) >= 11 is 0. The van der Waals surface area contributed by atoms with E-state index in [0.717, 1.165) is 18.4 Å². The van der Waals surface area contributed by atoms with E-state index in [4.69, 9.17) is 0 Å². The number of pyridine rings is 1. The molecule has 7 heteroatoms. The highest BCUT2D eigenvalue weighted by molar-refractivity contribution is 7.89. The molecule has 3 heterocycles. The van der Waals surface area contributed by atoms with Crippen molar-refractivity contribution in [1.29, 1.82) is 0 Å². The summed E-state index contributed by atoms with van der Waals surface area (Å²) in [4.78, 5) is 18.3. The molecule has 2 aliphatic rings. The Bertz CT molecular complexity index is 677. The van der Waals surface area contributed by atoms with Gasteiger partial charge in [0.2, 0.25) is 15.9 Å². The molecular formula is C16H23N3O3S. The third kappa shape index (κ3) is 3.12. The van der Waals surface area contributed by atoms with E-state index in [2.05, 4.69) is 4.98 Å². The molecule has 0 aromatic carbocycles. The molecule has 1 spiro atoms. The summed E-state index contributed by atoms with van der Waals surface area (Å²) in [7, 11) is -3.20. The average molecular weight is 337 g/mol. The molecule has 2 aliphatic heterocycles. The molecule has 1 aromatic heterocycles. The van der Waals surface area contributed by atoms with Crippen molar-refractivity contribution in [2.24, 2.45) is 0 Å². The number of nitrogens with zero attached hydrogens (tertiary/aromatic N) is 3. The molecule has 1 atom stereocenters. The Labute approximate surface area is 137 Å². The van der Waals surface area contributed by atoms with Crippen LogP contribution in [0.2, 0.25) is 0 Å². The molecular weight excluding hydrogens is 314 g/mol. The molecule has 0 saturated carbocycles. The number of rotatable bonds is 5. The number of carbonyl (C=O) groups excluding carboxylic acids is 1. The van der Waals surface area contributed by atoms with Crippen molar-refractivity contribution >= 4 is 15.9 Å². The molecule has 0 N–H and O–H groups in total. The zero-order chi connectivity index (χ0) is 16.5. The number of sulfonamides is 1. The van der Waals surface area contributed by atoms with E-state index in [0.29, 0.717) is 32.5 Å². The van der Waals surface area contributed by atoms with Crippen LogP contribution in [0.5, 0.6) is 0 Å². The third-order valence-corrected chi connectivity index (χ3v) is 6.94. The quantitative estimate of drug-likeness (QED) is 0.814. The third-order valence-electron chi connectivity index (χ3n) is 4.92. The zero-order valence-electron chi connectivity index (χ0n) is 13.4. The van der Waals surface area contributed by atoms with Gasteiger partial charge in [-0.2, -0.15) is 4.31 Å². The Morgan fingerprint density at radius 1 is 1.26 bits per heavy atom. The van der Waals surface area contributed by atoms with Crippen LogP contribution in [-0.4, -0.2) is 52.9 Å². The van der Waals surface area contributed by atoms with Crippen LogP contribution in [-0.2, 0) is 21.4 Å². The highest BCUT2D eigenvalue weighted by Gasteiger charge is 2.51. The first kappa shape index (κ1) is 16.4. The van der Waals surface area contributed by atoms with Gasteiger partial charge in [0.25, 0.3) is 0 Å². The second kappa shape index (κ2) is 6.20. The lowest BCUT2D eigenvalue weighted by atomic mass is 9.95. The highest BCUT2D eigenvalue weighted by Crippen LogP contribution is 2.40. The molecule has 3 rings (SSSR count). The van der Waals surface area contributed by atoms with E-state index >= 15 is 0 Å². The van der Waals surface area contributed by atoms with E-state index in [-0.39, 0.29) is 17.2 Å². The smallest absolute Gasteiger partial charge is 0.223 e. The number of hydrogen-bond donors (Lipinski definition) is 0. The van der Waals surface area contributed by atoms with Crippen LogP contribution >= 0.6 is 0 Å². The van der Waals surface area contributed by atoms with Gasteiger partial charge in [0.15, 0.2) is 0 Å². The van der Waals surface area contributed by atoms with Crippen molar-refractivity contribution in [2.75, 3.05) is 18.8 Å². The summed E-state index contributed by atoms with van der Waals surface area (Å²) in [6.45, 7) is 3.36. The maximum Gasteiger partial charge on any atom is 0.223 e. The minimum Gasteiger partial charge on any atom is -0.331 e. The van der Waals surface area contributed by atoms with E-state index in [1.54, 1.807) is 16.7 Å². The van der Waals surface area contributed by atoms with Crippen molar-refractivity contribution in [3.8, 4) is 0 Å².